The number of furan rings is 2. The van der Waals surface area contributed by atoms with Gasteiger partial charge in [-0.2, -0.15) is 0 Å². The smallest absolute Gasteiger partial charge is 0.135 e. The first-order valence-electron chi connectivity index (χ1n) is 43.9. The van der Waals surface area contributed by atoms with E-state index in [0.29, 0.717) is 40.2 Å². The van der Waals surface area contributed by atoms with Crippen LogP contribution in [0.4, 0.5) is 68.2 Å². The molecule has 0 unspecified atom stereocenters. The lowest BCUT2D eigenvalue weighted by atomic mass is 10.0. The van der Waals surface area contributed by atoms with Crippen LogP contribution in [0.5, 0.6) is 0 Å². The minimum atomic E-state index is 0.616. The number of halogens is 8. The van der Waals surface area contributed by atoms with Gasteiger partial charge in [0.1, 0.15) is 22.3 Å². The molecule has 136 heavy (non-hydrogen) atoms. The zero-order chi connectivity index (χ0) is 92.3. The van der Waals surface area contributed by atoms with Crippen molar-refractivity contribution in [2.24, 2.45) is 0 Å². The third-order valence-corrected chi connectivity index (χ3v) is 27.8. The highest BCUT2D eigenvalue weighted by atomic mass is 35.5. The first kappa shape index (κ1) is 88.5. The van der Waals surface area contributed by atoms with Gasteiger partial charge in [0.05, 0.1) is 0 Å². The van der Waals surface area contributed by atoms with Crippen LogP contribution in [0.25, 0.3) is 129 Å². The Kier molecular flexibility index (Phi) is 25.7. The maximum Gasteiger partial charge on any atom is 0.135 e. The SMILES string of the molecule is Clc1cc(Cl)cc(-c2ccc(N(c3ccccc3)c3ccc4c(c3)sc3ccccc34)cc2)c1.Clc1cc(Cl)cc(-c2ccc(N(c3ccccc3)c3ccc4oc5ccccc5c4c3)cc2)c1.Clc1cc(Cl)cc(-c2cccc(N(c3ccccc3)c3ccc4oc5ccccc5c4c3)c2)c1.Clc1cc(Cl)cc(-c2cccc(N(c3ccccc3)c3ccc4sc5ccccc5c4c3)c2)c1. The molecule has 20 aromatic carbocycles. The Morgan fingerprint density at radius 1 is 0.140 bits per heavy atom. The highest BCUT2D eigenvalue weighted by Gasteiger charge is 2.23. The van der Waals surface area contributed by atoms with Gasteiger partial charge in [0, 0.05) is 170 Å². The summed E-state index contributed by atoms with van der Waals surface area (Å²) in [6.07, 6.45) is 0. The van der Waals surface area contributed by atoms with Crippen LogP contribution in [0.15, 0.2) is 470 Å². The molecular formula is C120H76Cl8N4O2S2. The van der Waals surface area contributed by atoms with Crippen molar-refractivity contribution in [3.63, 3.8) is 0 Å². The minimum Gasteiger partial charge on any atom is -0.456 e. The summed E-state index contributed by atoms with van der Waals surface area (Å²) in [5.41, 5.74) is 24.7. The fourth-order valence-electron chi connectivity index (χ4n) is 17.6. The molecule has 0 amide bonds. The molecule has 0 aliphatic carbocycles. The van der Waals surface area contributed by atoms with Crippen molar-refractivity contribution in [1.29, 1.82) is 0 Å². The molecule has 0 aliphatic heterocycles. The van der Waals surface area contributed by atoms with E-state index in [9.17, 15) is 0 Å². The van der Waals surface area contributed by atoms with Gasteiger partial charge in [-0.15, -0.1) is 22.7 Å². The lowest BCUT2D eigenvalue weighted by Gasteiger charge is -2.26. The first-order valence-corrected chi connectivity index (χ1v) is 48.6. The van der Waals surface area contributed by atoms with Crippen LogP contribution in [0.2, 0.25) is 40.2 Å². The minimum absolute atomic E-state index is 0.616. The van der Waals surface area contributed by atoms with E-state index in [1.807, 2.05) is 144 Å². The van der Waals surface area contributed by atoms with Gasteiger partial charge in [0.15, 0.2) is 0 Å². The van der Waals surface area contributed by atoms with E-state index in [1.54, 1.807) is 24.3 Å². The second-order valence-corrected chi connectivity index (χ2v) is 38.3. The monoisotopic (exact) mass is 1950 g/mol. The third-order valence-electron chi connectivity index (χ3n) is 23.8. The molecule has 0 saturated heterocycles. The van der Waals surface area contributed by atoms with Crippen LogP contribution in [0.3, 0.4) is 0 Å². The second-order valence-electron chi connectivity index (χ2n) is 32.6. The number of thiophene rings is 2. The van der Waals surface area contributed by atoms with Crippen LogP contribution in [0.1, 0.15) is 0 Å². The van der Waals surface area contributed by atoms with Crippen molar-refractivity contribution in [2.75, 3.05) is 19.6 Å². The number of rotatable bonds is 16. The van der Waals surface area contributed by atoms with E-state index < -0.39 is 0 Å². The number of hydrogen-bond donors (Lipinski definition) is 0. The number of hydrogen-bond acceptors (Lipinski definition) is 8. The first-order chi connectivity index (χ1) is 66.6. The van der Waals surface area contributed by atoms with E-state index >= 15 is 0 Å². The van der Waals surface area contributed by atoms with E-state index in [2.05, 4.69) is 335 Å². The Labute approximate surface area is 834 Å². The maximum absolute atomic E-state index is 6.29. The molecule has 24 aromatic rings. The molecule has 0 saturated carbocycles. The largest absolute Gasteiger partial charge is 0.456 e. The molecule has 656 valence electrons. The van der Waals surface area contributed by atoms with Crippen molar-refractivity contribution in [3.8, 4) is 44.5 Å². The molecule has 0 spiro atoms. The molecule has 4 heterocycles. The lowest BCUT2D eigenvalue weighted by molar-refractivity contribution is 0.668. The summed E-state index contributed by atoms with van der Waals surface area (Å²) in [4.78, 5) is 9.08. The number of nitrogens with zero attached hydrogens (tertiary/aromatic N) is 4. The number of benzene rings is 20. The fourth-order valence-corrected chi connectivity index (χ4v) is 22.0. The predicted octanol–water partition coefficient (Wildman–Crippen LogP) is 41.1. The van der Waals surface area contributed by atoms with Gasteiger partial charge >= 0.3 is 0 Å². The fraction of sp³-hybridized carbons (Fsp3) is 0. The highest BCUT2D eigenvalue weighted by molar-refractivity contribution is 7.26. The topological polar surface area (TPSA) is 39.2 Å². The summed E-state index contributed by atoms with van der Waals surface area (Å²) in [6, 6.07) is 158. The average Bonchev–Trinajstić information content (AvgIpc) is 1.61. The van der Waals surface area contributed by atoms with Crippen molar-refractivity contribution >= 4 is 268 Å². The van der Waals surface area contributed by atoms with E-state index in [1.165, 1.54) is 40.3 Å². The predicted molar refractivity (Wildman–Crippen MR) is 587 cm³/mol. The van der Waals surface area contributed by atoms with Gasteiger partial charge in [-0.1, -0.05) is 293 Å². The highest BCUT2D eigenvalue weighted by Crippen LogP contribution is 2.48. The van der Waals surface area contributed by atoms with Crippen molar-refractivity contribution in [3.05, 3.63) is 501 Å². The summed E-state index contributed by atoms with van der Waals surface area (Å²) >= 11 is 53.7. The van der Waals surface area contributed by atoms with Crippen LogP contribution in [0, 0.1) is 0 Å². The van der Waals surface area contributed by atoms with Crippen molar-refractivity contribution in [2.45, 2.75) is 0 Å². The van der Waals surface area contributed by atoms with Crippen LogP contribution >= 0.6 is 115 Å². The maximum atomic E-state index is 6.29. The Hall–Kier alpha value is -14.0. The number of fused-ring (bicyclic) bond motifs is 12. The molecule has 0 N–H and O–H groups in total. The van der Waals surface area contributed by atoms with Gasteiger partial charge in [0.2, 0.25) is 0 Å². The van der Waals surface area contributed by atoms with E-state index in [0.717, 1.165) is 157 Å². The molecule has 24 rings (SSSR count). The van der Waals surface area contributed by atoms with Gasteiger partial charge in [0.25, 0.3) is 0 Å². The van der Waals surface area contributed by atoms with Gasteiger partial charge in [-0.3, -0.25) is 0 Å². The summed E-state index contributed by atoms with van der Waals surface area (Å²) in [7, 11) is 0. The lowest BCUT2D eigenvalue weighted by Crippen LogP contribution is -2.09. The molecule has 0 bridgehead atoms. The Balaban J connectivity index is 0.000000108. The summed E-state index contributed by atoms with van der Waals surface area (Å²) in [5, 5.41) is 14.6. The zero-order valence-electron chi connectivity index (χ0n) is 72.3. The van der Waals surface area contributed by atoms with Gasteiger partial charge in [-0.25, -0.2) is 0 Å². The van der Waals surface area contributed by atoms with E-state index in [-0.39, 0.29) is 0 Å². The summed E-state index contributed by atoms with van der Waals surface area (Å²) < 4.78 is 17.3. The Morgan fingerprint density at radius 3 is 0.779 bits per heavy atom. The van der Waals surface area contributed by atoms with Crippen LogP contribution in [-0.2, 0) is 0 Å². The van der Waals surface area contributed by atoms with Crippen molar-refractivity contribution in [1.82, 2.24) is 0 Å². The van der Waals surface area contributed by atoms with E-state index in [4.69, 9.17) is 102 Å². The van der Waals surface area contributed by atoms with Crippen molar-refractivity contribution < 1.29 is 8.83 Å². The van der Waals surface area contributed by atoms with Crippen LogP contribution in [-0.4, -0.2) is 0 Å². The quantitative estimate of drug-likeness (QED) is 0.0960. The second kappa shape index (κ2) is 39.5. The average molecular weight is 1950 g/mol. The Morgan fingerprint density at radius 2 is 0.390 bits per heavy atom. The summed E-state index contributed by atoms with van der Waals surface area (Å²) in [5.74, 6) is 0. The normalized spacial score (nSPS) is 11.2. The third kappa shape index (κ3) is 19.1. The molecule has 4 aromatic heterocycles. The molecule has 6 nitrogen and oxygen atoms in total. The molecule has 0 atom stereocenters. The van der Waals surface area contributed by atoms with Crippen LogP contribution < -0.4 is 19.6 Å². The summed E-state index contributed by atoms with van der Waals surface area (Å²) in [6.45, 7) is 0. The molecular weight excluding hydrogens is 1880 g/mol. The zero-order valence-corrected chi connectivity index (χ0v) is 80.0. The Bertz CT molecular complexity index is 8180. The molecule has 0 fully saturated rings. The number of anilines is 12. The molecule has 16 heteroatoms. The molecule has 0 radical (unpaired) electrons. The van der Waals surface area contributed by atoms with Gasteiger partial charge in [-0.05, 0) is 305 Å². The van der Waals surface area contributed by atoms with Gasteiger partial charge < -0.3 is 28.4 Å². The standard InChI is InChI=1S/2C30H19Cl2NO.2C30H19Cl2NS/c31-22-15-21(16-23(32)18-22)20-7-6-10-25(17-20)33(24-8-2-1-3-9-24)26-13-14-30-28(19-26)27-11-4-5-12-29(27)34-30;31-22-16-21(17-23(32)18-22)20-10-12-25(13-11-20)33(24-6-2-1-3-7-24)26-14-15-30-28(19-26)27-8-4-5-9-29(27)34-30;31-22-15-21(16-23(32)18-22)20-7-6-10-25(17-20)33(24-8-2-1-3-9-24)26-13-14-30-28(19-26)27-11-4-5-12-29(27)34-30;31-22-16-21(17-23(32)18-22)20-10-12-25(13-11-20)33(24-6-2-1-3-7-24)26-14-15-28-27-8-4-5-9-29(27)34-30(28)19-26/h4*1-19H. The number of para-hydroxylation sites is 6. The molecule has 0 aliphatic rings.